The Hall–Kier alpha value is -1.64. The van der Waals surface area contributed by atoms with Gasteiger partial charge >= 0.3 is 0 Å². The molecule has 3 heteroatoms. The van der Waals surface area contributed by atoms with E-state index in [2.05, 4.69) is 5.18 Å². The molecule has 0 aliphatic rings. The van der Waals surface area contributed by atoms with Gasteiger partial charge in [-0.05, 0) is 29.4 Å². The molecule has 0 saturated heterocycles. The van der Waals surface area contributed by atoms with Crippen LogP contribution in [0.15, 0.2) is 35.6 Å². The highest BCUT2D eigenvalue weighted by molar-refractivity contribution is 5.83. The number of benzene rings is 1. The zero-order valence-corrected chi connectivity index (χ0v) is 6.69. The minimum atomic E-state index is 0.480. The fourth-order valence-corrected chi connectivity index (χ4v) is 1.33. The highest BCUT2D eigenvalue weighted by Gasteiger charge is 1.98. The lowest BCUT2D eigenvalue weighted by Crippen LogP contribution is -1.81. The van der Waals surface area contributed by atoms with Crippen molar-refractivity contribution in [3.63, 3.8) is 0 Å². The smallest absolute Gasteiger partial charge is 0.108 e. The van der Waals surface area contributed by atoms with Gasteiger partial charge in [0.1, 0.15) is 5.69 Å². The summed E-state index contributed by atoms with van der Waals surface area (Å²) in [6, 6.07) is 7.35. The third-order valence-corrected chi connectivity index (χ3v) is 1.97. The van der Waals surface area contributed by atoms with Crippen LogP contribution < -0.4 is 0 Å². The number of nitrogens with zero attached hydrogens (tertiary/aromatic N) is 2. The minimum absolute atomic E-state index is 0.480. The van der Waals surface area contributed by atoms with Crippen LogP contribution in [0.2, 0.25) is 0 Å². The molecule has 0 spiro atoms. The van der Waals surface area contributed by atoms with Crippen molar-refractivity contribution in [3.05, 3.63) is 35.4 Å². The van der Waals surface area contributed by atoms with E-state index in [4.69, 9.17) is 0 Å². The molecule has 0 aliphatic carbocycles. The lowest BCUT2D eigenvalue weighted by molar-refractivity contribution is 0.969. The average Bonchev–Trinajstić information content (AvgIpc) is 2.47. The van der Waals surface area contributed by atoms with Crippen LogP contribution in [-0.4, -0.2) is 4.57 Å². The predicted molar refractivity (Wildman–Crippen MR) is 48.4 cm³/mol. The fourth-order valence-electron chi connectivity index (χ4n) is 1.33. The van der Waals surface area contributed by atoms with Gasteiger partial charge in [-0.25, -0.2) is 0 Å². The molecule has 12 heavy (non-hydrogen) atoms. The second-order valence-electron chi connectivity index (χ2n) is 2.76. The summed E-state index contributed by atoms with van der Waals surface area (Å²) in [5.74, 6) is 0. The molecule has 0 N–H and O–H groups in total. The van der Waals surface area contributed by atoms with E-state index in [1.54, 1.807) is 12.1 Å². The van der Waals surface area contributed by atoms with Gasteiger partial charge in [0, 0.05) is 24.1 Å². The van der Waals surface area contributed by atoms with Gasteiger partial charge in [0.05, 0.1) is 0 Å². The first-order valence-corrected chi connectivity index (χ1v) is 3.70. The molecule has 0 unspecified atom stereocenters. The molecule has 0 bridgehead atoms. The van der Waals surface area contributed by atoms with Gasteiger partial charge < -0.3 is 4.57 Å². The molecule has 2 rings (SSSR count). The van der Waals surface area contributed by atoms with Gasteiger partial charge in [-0.1, -0.05) is 0 Å². The number of nitroso groups, excluding NO2 is 1. The van der Waals surface area contributed by atoms with E-state index < -0.39 is 0 Å². The molecular formula is C9H8N2O. The van der Waals surface area contributed by atoms with E-state index in [0.29, 0.717) is 5.69 Å². The van der Waals surface area contributed by atoms with Gasteiger partial charge in [-0.2, -0.15) is 0 Å². The van der Waals surface area contributed by atoms with Gasteiger partial charge in [-0.15, -0.1) is 4.91 Å². The van der Waals surface area contributed by atoms with E-state index in [-0.39, 0.29) is 0 Å². The van der Waals surface area contributed by atoms with Crippen LogP contribution in [0, 0.1) is 4.91 Å². The van der Waals surface area contributed by atoms with Gasteiger partial charge in [0.25, 0.3) is 0 Å². The summed E-state index contributed by atoms with van der Waals surface area (Å²) < 4.78 is 2.00. The first-order valence-electron chi connectivity index (χ1n) is 3.70. The molecular weight excluding hydrogens is 152 g/mol. The normalized spacial score (nSPS) is 10.4. The van der Waals surface area contributed by atoms with Crippen molar-refractivity contribution in [1.82, 2.24) is 4.57 Å². The van der Waals surface area contributed by atoms with Crippen molar-refractivity contribution in [2.75, 3.05) is 0 Å². The number of fused-ring (bicyclic) bond motifs is 1. The summed E-state index contributed by atoms with van der Waals surface area (Å²) in [5.41, 5.74) is 1.59. The Morgan fingerprint density at radius 3 is 2.92 bits per heavy atom. The highest BCUT2D eigenvalue weighted by Crippen LogP contribution is 2.20. The second-order valence-corrected chi connectivity index (χ2v) is 2.76. The van der Waals surface area contributed by atoms with Crippen LogP contribution in [0.4, 0.5) is 5.69 Å². The maximum atomic E-state index is 10.2. The first kappa shape index (κ1) is 7.03. The molecule has 0 fully saturated rings. The Kier molecular flexibility index (Phi) is 1.43. The largest absolute Gasteiger partial charge is 0.351 e. The quantitative estimate of drug-likeness (QED) is 0.590. The third-order valence-electron chi connectivity index (χ3n) is 1.97. The van der Waals surface area contributed by atoms with Crippen LogP contribution in [0.25, 0.3) is 10.9 Å². The van der Waals surface area contributed by atoms with Crippen LogP contribution in [0.3, 0.4) is 0 Å². The van der Waals surface area contributed by atoms with E-state index >= 15 is 0 Å². The van der Waals surface area contributed by atoms with Crippen LogP contribution in [-0.2, 0) is 7.05 Å². The zero-order chi connectivity index (χ0) is 8.55. The zero-order valence-electron chi connectivity index (χ0n) is 6.69. The predicted octanol–water partition coefficient (Wildman–Crippen LogP) is 2.58. The molecule has 0 radical (unpaired) electrons. The highest BCUT2D eigenvalue weighted by atomic mass is 16.3. The van der Waals surface area contributed by atoms with Crippen molar-refractivity contribution in [2.24, 2.45) is 12.2 Å². The lowest BCUT2D eigenvalue weighted by atomic mass is 10.2. The third kappa shape index (κ3) is 0.906. The number of rotatable bonds is 1. The number of hydrogen-bond donors (Lipinski definition) is 0. The Bertz CT molecular complexity index is 431. The maximum Gasteiger partial charge on any atom is 0.108 e. The molecule has 0 aliphatic heterocycles. The fraction of sp³-hybridized carbons (Fsp3) is 0.111. The number of aromatic nitrogens is 1. The van der Waals surface area contributed by atoms with Crippen molar-refractivity contribution in [2.45, 2.75) is 0 Å². The van der Waals surface area contributed by atoms with E-state index in [1.165, 1.54) is 0 Å². The molecule has 1 heterocycles. The van der Waals surface area contributed by atoms with Crippen LogP contribution in [0.1, 0.15) is 0 Å². The standard InChI is InChI=1S/C9H8N2O/c1-11-5-4-7-6-8(10-12)2-3-9(7)11/h2-6H,1H3. The Morgan fingerprint density at radius 2 is 2.17 bits per heavy atom. The average molecular weight is 160 g/mol. The summed E-state index contributed by atoms with van der Waals surface area (Å²) >= 11 is 0. The van der Waals surface area contributed by atoms with E-state index in [1.807, 2.05) is 29.9 Å². The Balaban J connectivity index is 2.77. The maximum absolute atomic E-state index is 10.2. The summed E-state index contributed by atoms with van der Waals surface area (Å²) in [4.78, 5) is 10.2. The molecule has 2 aromatic rings. The molecule has 60 valence electrons. The van der Waals surface area contributed by atoms with Crippen molar-refractivity contribution < 1.29 is 0 Å². The molecule has 0 amide bonds. The number of hydrogen-bond acceptors (Lipinski definition) is 2. The lowest BCUT2D eigenvalue weighted by Gasteiger charge is -1.94. The summed E-state index contributed by atoms with van der Waals surface area (Å²) in [7, 11) is 1.97. The molecule has 3 nitrogen and oxygen atoms in total. The van der Waals surface area contributed by atoms with Gasteiger partial charge in [0.2, 0.25) is 0 Å². The molecule has 1 aromatic carbocycles. The molecule has 0 saturated carbocycles. The SMILES string of the molecule is Cn1ccc2cc(N=O)ccc21. The Labute approximate surface area is 69.6 Å². The van der Waals surface area contributed by atoms with Crippen LogP contribution in [0.5, 0.6) is 0 Å². The Morgan fingerprint density at radius 1 is 1.33 bits per heavy atom. The summed E-state index contributed by atoms with van der Waals surface area (Å²) in [6.45, 7) is 0. The summed E-state index contributed by atoms with van der Waals surface area (Å²) in [6.07, 6.45) is 1.96. The minimum Gasteiger partial charge on any atom is -0.351 e. The molecule has 0 atom stereocenters. The van der Waals surface area contributed by atoms with Gasteiger partial charge in [0.15, 0.2) is 0 Å². The topological polar surface area (TPSA) is 34.4 Å². The van der Waals surface area contributed by atoms with Crippen molar-refractivity contribution >= 4 is 16.6 Å². The van der Waals surface area contributed by atoms with E-state index in [0.717, 1.165) is 10.9 Å². The summed E-state index contributed by atoms with van der Waals surface area (Å²) in [5, 5.41) is 3.92. The van der Waals surface area contributed by atoms with Crippen molar-refractivity contribution in [3.8, 4) is 0 Å². The van der Waals surface area contributed by atoms with Crippen molar-refractivity contribution in [1.29, 1.82) is 0 Å². The monoisotopic (exact) mass is 160 g/mol. The molecule has 1 aromatic heterocycles. The van der Waals surface area contributed by atoms with Gasteiger partial charge in [-0.3, -0.25) is 0 Å². The second kappa shape index (κ2) is 2.44. The van der Waals surface area contributed by atoms with E-state index in [9.17, 15) is 4.91 Å². The number of aryl methyl sites for hydroxylation is 1. The van der Waals surface area contributed by atoms with Crippen LogP contribution >= 0.6 is 0 Å². The first-order chi connectivity index (χ1) is 5.81.